The zero-order valence-electron chi connectivity index (χ0n) is 15.3. The molecule has 4 heteroatoms. The van der Waals surface area contributed by atoms with Gasteiger partial charge in [-0.2, -0.15) is 0 Å². The summed E-state index contributed by atoms with van der Waals surface area (Å²) >= 11 is 0. The highest BCUT2D eigenvalue weighted by Crippen LogP contribution is 2.28. The highest BCUT2D eigenvalue weighted by Gasteiger charge is 2.15. The first kappa shape index (κ1) is 18.1. The molecule has 2 aromatic carbocycles. The van der Waals surface area contributed by atoms with Gasteiger partial charge in [0.2, 0.25) is 0 Å². The number of allylic oxidation sites excluding steroid dienone is 2. The normalized spacial score (nSPS) is 15.7. The van der Waals surface area contributed by atoms with Gasteiger partial charge in [-0.05, 0) is 61.5 Å². The lowest BCUT2D eigenvalue weighted by Crippen LogP contribution is -2.26. The van der Waals surface area contributed by atoms with E-state index in [4.69, 9.17) is 17.2 Å². The van der Waals surface area contributed by atoms with Gasteiger partial charge in [0.05, 0.1) is 0 Å². The van der Waals surface area contributed by atoms with Gasteiger partial charge in [-0.25, -0.2) is 0 Å². The molecule has 1 heterocycles. The zero-order valence-corrected chi connectivity index (χ0v) is 15.3. The Kier molecular flexibility index (Phi) is 5.64. The van der Waals surface area contributed by atoms with E-state index in [1.165, 1.54) is 18.4 Å². The molecule has 0 saturated carbocycles. The molecule has 0 aliphatic carbocycles. The molecule has 136 valence electrons. The van der Waals surface area contributed by atoms with Crippen molar-refractivity contribution in [2.75, 3.05) is 13.1 Å². The number of nitrogens with two attached hydrogens (primary N) is 3. The topological polar surface area (TPSA) is 90.1 Å². The number of piperidine rings is 1. The van der Waals surface area contributed by atoms with E-state index in [2.05, 4.69) is 29.6 Å². The van der Waals surface area contributed by atoms with E-state index in [1.807, 2.05) is 37.3 Å². The second-order valence-electron chi connectivity index (χ2n) is 6.93. The van der Waals surface area contributed by atoms with E-state index in [9.17, 15) is 0 Å². The summed E-state index contributed by atoms with van der Waals surface area (Å²) in [6.45, 7) is 4.21. The largest absolute Gasteiger partial charge is 0.398 e. The van der Waals surface area contributed by atoms with Crippen LogP contribution >= 0.6 is 0 Å². The van der Waals surface area contributed by atoms with Crippen molar-refractivity contribution in [2.45, 2.75) is 25.7 Å². The Hall–Kier alpha value is -2.72. The molecular formula is C22H28N4. The fourth-order valence-corrected chi connectivity index (χ4v) is 3.55. The summed E-state index contributed by atoms with van der Waals surface area (Å²) in [5.41, 5.74) is 24.2. The van der Waals surface area contributed by atoms with Crippen LogP contribution in [0.5, 0.6) is 0 Å². The van der Waals surface area contributed by atoms with E-state index in [0.29, 0.717) is 11.6 Å². The van der Waals surface area contributed by atoms with Crippen molar-refractivity contribution in [2.24, 2.45) is 17.2 Å². The standard InChI is InChI=1S/C22H28N4/c1-15-4-2-3-5-19(15)21(23)14-20(22(24)25)18-8-6-16(7-9-18)17-10-12-26-13-11-17/h2-9,14,17,26H,10-13,23-25H2,1H3/b21-14-. The van der Waals surface area contributed by atoms with Crippen LogP contribution < -0.4 is 22.5 Å². The van der Waals surface area contributed by atoms with Crippen molar-refractivity contribution in [3.63, 3.8) is 0 Å². The van der Waals surface area contributed by atoms with Gasteiger partial charge in [-0.15, -0.1) is 0 Å². The highest BCUT2D eigenvalue weighted by molar-refractivity contribution is 5.84. The lowest BCUT2D eigenvalue weighted by atomic mass is 9.89. The van der Waals surface area contributed by atoms with Crippen LogP contribution in [-0.4, -0.2) is 13.1 Å². The second kappa shape index (κ2) is 8.11. The molecule has 0 amide bonds. The molecule has 3 rings (SSSR count). The third-order valence-corrected chi connectivity index (χ3v) is 5.10. The highest BCUT2D eigenvalue weighted by atomic mass is 14.9. The molecule has 0 aromatic heterocycles. The molecule has 0 spiro atoms. The van der Waals surface area contributed by atoms with Crippen molar-refractivity contribution < 1.29 is 0 Å². The molecule has 1 fully saturated rings. The fourth-order valence-electron chi connectivity index (χ4n) is 3.55. The Morgan fingerprint density at radius 2 is 1.62 bits per heavy atom. The van der Waals surface area contributed by atoms with Crippen molar-refractivity contribution in [3.05, 3.63) is 82.7 Å². The predicted molar refractivity (Wildman–Crippen MR) is 110 cm³/mol. The lowest BCUT2D eigenvalue weighted by molar-refractivity contribution is 0.460. The summed E-state index contributed by atoms with van der Waals surface area (Å²) in [5.74, 6) is 0.900. The van der Waals surface area contributed by atoms with Gasteiger partial charge in [0, 0.05) is 16.8 Å². The minimum absolute atomic E-state index is 0.274. The van der Waals surface area contributed by atoms with Gasteiger partial charge < -0.3 is 22.5 Å². The van der Waals surface area contributed by atoms with E-state index >= 15 is 0 Å². The predicted octanol–water partition coefficient (Wildman–Crippen LogP) is 3.05. The third-order valence-electron chi connectivity index (χ3n) is 5.10. The van der Waals surface area contributed by atoms with Crippen LogP contribution in [0.2, 0.25) is 0 Å². The van der Waals surface area contributed by atoms with Crippen LogP contribution in [-0.2, 0) is 0 Å². The first-order chi connectivity index (χ1) is 12.6. The van der Waals surface area contributed by atoms with Crippen molar-refractivity contribution >= 4 is 11.3 Å². The number of hydrogen-bond donors (Lipinski definition) is 4. The Labute approximate surface area is 155 Å². The minimum Gasteiger partial charge on any atom is -0.398 e. The second-order valence-corrected chi connectivity index (χ2v) is 6.93. The molecule has 1 aliphatic rings. The maximum absolute atomic E-state index is 6.33. The van der Waals surface area contributed by atoms with E-state index in [0.717, 1.165) is 35.4 Å². The van der Waals surface area contributed by atoms with Crippen molar-refractivity contribution in [1.82, 2.24) is 5.32 Å². The van der Waals surface area contributed by atoms with Gasteiger partial charge in [-0.1, -0.05) is 48.5 Å². The summed E-state index contributed by atoms with van der Waals surface area (Å²) in [6, 6.07) is 16.6. The summed E-state index contributed by atoms with van der Waals surface area (Å²) < 4.78 is 0. The molecule has 1 aliphatic heterocycles. The molecule has 0 atom stereocenters. The quantitative estimate of drug-likeness (QED) is 0.639. The molecule has 0 radical (unpaired) electrons. The Bertz CT molecular complexity index is 808. The summed E-state index contributed by atoms with van der Waals surface area (Å²) in [6.07, 6.45) is 4.24. The Morgan fingerprint density at radius 3 is 2.23 bits per heavy atom. The molecule has 26 heavy (non-hydrogen) atoms. The Balaban J connectivity index is 1.88. The number of hydrogen-bond acceptors (Lipinski definition) is 4. The molecule has 4 nitrogen and oxygen atoms in total. The Morgan fingerprint density at radius 1 is 0.962 bits per heavy atom. The van der Waals surface area contributed by atoms with Crippen LogP contribution in [0, 0.1) is 6.92 Å². The van der Waals surface area contributed by atoms with Crippen LogP contribution in [0.15, 0.2) is 60.4 Å². The number of benzene rings is 2. The van der Waals surface area contributed by atoms with Crippen LogP contribution in [0.1, 0.15) is 41.0 Å². The van der Waals surface area contributed by atoms with Crippen molar-refractivity contribution in [3.8, 4) is 0 Å². The number of rotatable bonds is 4. The molecule has 0 bridgehead atoms. The van der Waals surface area contributed by atoms with Gasteiger partial charge in [0.1, 0.15) is 5.82 Å². The minimum atomic E-state index is 0.274. The molecule has 0 unspecified atom stereocenters. The zero-order chi connectivity index (χ0) is 18.5. The molecule has 2 aromatic rings. The molecular weight excluding hydrogens is 320 g/mol. The van der Waals surface area contributed by atoms with E-state index in [-0.39, 0.29) is 5.82 Å². The smallest absolute Gasteiger partial charge is 0.101 e. The van der Waals surface area contributed by atoms with Crippen LogP contribution in [0.4, 0.5) is 0 Å². The monoisotopic (exact) mass is 348 g/mol. The average molecular weight is 348 g/mol. The van der Waals surface area contributed by atoms with E-state index in [1.54, 1.807) is 0 Å². The molecule has 1 saturated heterocycles. The maximum atomic E-state index is 6.33. The first-order valence-corrected chi connectivity index (χ1v) is 9.15. The van der Waals surface area contributed by atoms with Gasteiger partial charge in [0.15, 0.2) is 0 Å². The first-order valence-electron chi connectivity index (χ1n) is 9.15. The van der Waals surface area contributed by atoms with Gasteiger partial charge >= 0.3 is 0 Å². The van der Waals surface area contributed by atoms with Crippen molar-refractivity contribution in [1.29, 1.82) is 0 Å². The van der Waals surface area contributed by atoms with Gasteiger partial charge in [0.25, 0.3) is 0 Å². The van der Waals surface area contributed by atoms with Crippen LogP contribution in [0.3, 0.4) is 0 Å². The molecule has 7 N–H and O–H groups in total. The number of nitrogens with one attached hydrogen (secondary N) is 1. The average Bonchev–Trinajstić information content (AvgIpc) is 2.67. The summed E-state index contributed by atoms with van der Waals surface area (Å²) in [7, 11) is 0. The van der Waals surface area contributed by atoms with E-state index < -0.39 is 0 Å². The maximum Gasteiger partial charge on any atom is 0.101 e. The summed E-state index contributed by atoms with van der Waals surface area (Å²) in [5, 5.41) is 3.41. The SMILES string of the molecule is Cc1ccccc1/C(N)=C/C(=C(N)N)c1ccc(C2CCNCC2)cc1. The fraction of sp³-hybridized carbons (Fsp3) is 0.273. The summed E-state index contributed by atoms with van der Waals surface area (Å²) in [4.78, 5) is 0. The van der Waals surface area contributed by atoms with Crippen LogP contribution in [0.25, 0.3) is 11.3 Å². The third kappa shape index (κ3) is 4.09. The van der Waals surface area contributed by atoms with Gasteiger partial charge in [-0.3, -0.25) is 0 Å². The lowest BCUT2D eigenvalue weighted by Gasteiger charge is -2.23. The number of aryl methyl sites for hydroxylation is 1.